The highest BCUT2D eigenvalue weighted by molar-refractivity contribution is 5.93. The van der Waals surface area contributed by atoms with Crippen LogP contribution in [-0.4, -0.2) is 28.7 Å². The van der Waals surface area contributed by atoms with E-state index >= 15 is 0 Å². The number of hydrogen-bond acceptors (Lipinski definition) is 3. The first-order valence-electron chi connectivity index (χ1n) is 12.9. The number of piperidine rings is 1. The highest BCUT2D eigenvalue weighted by atomic mass is 16.2. The van der Waals surface area contributed by atoms with Crippen molar-refractivity contribution in [3.8, 4) is 0 Å². The van der Waals surface area contributed by atoms with Crippen LogP contribution in [0.25, 0.3) is 0 Å². The van der Waals surface area contributed by atoms with Gasteiger partial charge in [0.2, 0.25) is 11.8 Å². The van der Waals surface area contributed by atoms with Crippen LogP contribution in [0, 0.1) is 34.5 Å². The number of pyridine rings is 1. The Morgan fingerprint density at radius 1 is 1.21 bits per heavy atom. The molecule has 1 saturated heterocycles. The van der Waals surface area contributed by atoms with Gasteiger partial charge in [0.1, 0.15) is 0 Å². The van der Waals surface area contributed by atoms with Gasteiger partial charge in [-0.25, -0.2) is 0 Å². The number of hydrogen-bond donors (Lipinski definition) is 1. The van der Waals surface area contributed by atoms with E-state index in [9.17, 15) is 9.59 Å². The third-order valence-corrected chi connectivity index (χ3v) is 10.1. The van der Waals surface area contributed by atoms with E-state index in [1.807, 2.05) is 24.1 Å². The normalized spacial score (nSPS) is 38.0. The monoisotopic (exact) mass is 449 g/mol. The van der Waals surface area contributed by atoms with Gasteiger partial charge in [0.25, 0.3) is 0 Å². The zero-order valence-electron chi connectivity index (χ0n) is 20.9. The summed E-state index contributed by atoms with van der Waals surface area (Å²) in [5, 5.41) is 3.23. The Balaban J connectivity index is 1.40. The van der Waals surface area contributed by atoms with Crippen LogP contribution in [0.4, 0.5) is 5.69 Å². The second-order valence-electron chi connectivity index (χ2n) is 11.6. The third-order valence-electron chi connectivity index (χ3n) is 10.1. The molecule has 5 rings (SSSR count). The largest absolute Gasteiger partial charge is 0.326 e. The van der Waals surface area contributed by atoms with Gasteiger partial charge >= 0.3 is 0 Å². The fraction of sp³-hybridized carbons (Fsp3) is 0.679. The molecule has 4 aliphatic rings. The molecule has 2 amide bonds. The Morgan fingerprint density at radius 2 is 2.00 bits per heavy atom. The molecule has 0 radical (unpaired) electrons. The number of amides is 2. The molecule has 3 aliphatic carbocycles. The Hall–Kier alpha value is -2.17. The van der Waals surface area contributed by atoms with E-state index in [4.69, 9.17) is 0 Å². The molecule has 3 fully saturated rings. The summed E-state index contributed by atoms with van der Waals surface area (Å²) in [5.74, 6) is 2.32. The van der Waals surface area contributed by atoms with Crippen molar-refractivity contribution in [2.75, 3.05) is 12.4 Å². The topological polar surface area (TPSA) is 62.3 Å². The Morgan fingerprint density at radius 3 is 2.76 bits per heavy atom. The van der Waals surface area contributed by atoms with Crippen LogP contribution in [0.2, 0.25) is 0 Å². The average Bonchev–Trinajstić information content (AvgIpc) is 3.14. The Kier molecular flexibility index (Phi) is 5.45. The van der Waals surface area contributed by atoms with Crippen LogP contribution >= 0.6 is 0 Å². The highest BCUT2D eigenvalue weighted by Crippen LogP contribution is 2.66. The van der Waals surface area contributed by atoms with Gasteiger partial charge in [0, 0.05) is 48.1 Å². The zero-order chi connectivity index (χ0) is 23.5. The minimum atomic E-state index is 0.0520. The van der Waals surface area contributed by atoms with Crippen LogP contribution in [0.15, 0.2) is 29.6 Å². The van der Waals surface area contributed by atoms with E-state index < -0.39 is 0 Å². The van der Waals surface area contributed by atoms with Crippen LogP contribution < -0.4 is 5.32 Å². The molecule has 1 aromatic rings. The first-order valence-corrected chi connectivity index (χ1v) is 12.9. The average molecular weight is 450 g/mol. The number of rotatable bonds is 3. The molecule has 1 aromatic heterocycles. The van der Waals surface area contributed by atoms with E-state index in [1.54, 1.807) is 6.20 Å². The fourth-order valence-corrected chi connectivity index (χ4v) is 8.52. The number of aromatic nitrogens is 1. The van der Waals surface area contributed by atoms with Gasteiger partial charge in [0.15, 0.2) is 0 Å². The van der Waals surface area contributed by atoms with Gasteiger partial charge in [0.05, 0.1) is 0 Å². The van der Waals surface area contributed by atoms with Gasteiger partial charge in [-0.1, -0.05) is 26.3 Å². The van der Waals surface area contributed by atoms with Crippen LogP contribution in [0.3, 0.4) is 0 Å². The lowest BCUT2D eigenvalue weighted by Gasteiger charge is -2.59. The molecular formula is C28H39N3O2. The number of aryl methyl sites for hydroxylation is 1. The van der Waals surface area contributed by atoms with E-state index in [0.717, 1.165) is 56.3 Å². The van der Waals surface area contributed by atoms with E-state index in [2.05, 4.69) is 38.0 Å². The van der Waals surface area contributed by atoms with Crippen molar-refractivity contribution in [1.29, 1.82) is 0 Å². The summed E-state index contributed by atoms with van der Waals surface area (Å²) in [6, 6.07) is 3.91. The Bertz CT molecular complexity index is 1020. The first kappa shape index (κ1) is 22.6. The summed E-state index contributed by atoms with van der Waals surface area (Å²) in [7, 11) is 1.98. The molecule has 0 aromatic carbocycles. The molecule has 0 spiro atoms. The maximum absolute atomic E-state index is 13.5. The molecule has 2 saturated carbocycles. The summed E-state index contributed by atoms with van der Waals surface area (Å²) in [6.07, 6.45) is 9.74. The lowest BCUT2D eigenvalue weighted by molar-refractivity contribution is -0.137. The molecule has 1 aliphatic heterocycles. The van der Waals surface area contributed by atoms with Crippen molar-refractivity contribution in [3.05, 3.63) is 35.3 Å². The van der Waals surface area contributed by atoms with Gasteiger partial charge in [-0.3, -0.25) is 14.6 Å². The predicted octanol–water partition coefficient (Wildman–Crippen LogP) is 5.58. The summed E-state index contributed by atoms with van der Waals surface area (Å²) < 4.78 is 0. The maximum Gasteiger partial charge on any atom is 0.228 e. The summed E-state index contributed by atoms with van der Waals surface area (Å²) in [4.78, 5) is 32.3. The smallest absolute Gasteiger partial charge is 0.228 e. The maximum atomic E-state index is 13.5. The number of carbonyl (C=O) groups is 2. The number of anilines is 1. The highest BCUT2D eigenvalue weighted by Gasteiger charge is 2.61. The standard InChI is InChI=1S/C28H39N3O2/c1-6-18-16-19(11-14-29-18)30-26(33)23-8-7-21-20-15-17(2)25-28(4,13-10-24(32)31(25)5)22(20)9-12-27(21,23)3/h11,14,16,20-23H,6-10,12-13,15H2,1-5H3,(H,29,30,33)/t20-,21-,22+,23?,27-,28+/m0/s1. The predicted molar refractivity (Wildman–Crippen MR) is 130 cm³/mol. The van der Waals surface area contributed by atoms with Gasteiger partial charge in [-0.15, -0.1) is 0 Å². The van der Waals surface area contributed by atoms with E-state index in [-0.39, 0.29) is 28.6 Å². The van der Waals surface area contributed by atoms with E-state index in [0.29, 0.717) is 24.2 Å². The first-order chi connectivity index (χ1) is 15.7. The quantitative estimate of drug-likeness (QED) is 0.655. The number of nitrogens with one attached hydrogen (secondary N) is 1. The molecule has 0 bridgehead atoms. The van der Waals surface area contributed by atoms with Crippen molar-refractivity contribution in [3.63, 3.8) is 0 Å². The zero-order valence-corrected chi connectivity index (χ0v) is 20.9. The molecule has 33 heavy (non-hydrogen) atoms. The molecule has 2 heterocycles. The second-order valence-corrected chi connectivity index (χ2v) is 11.6. The number of fused-ring (bicyclic) bond motifs is 5. The minimum Gasteiger partial charge on any atom is -0.326 e. The summed E-state index contributed by atoms with van der Waals surface area (Å²) in [5.41, 5.74) is 4.72. The third kappa shape index (κ3) is 3.37. The number of allylic oxidation sites excluding steroid dienone is 2. The lowest BCUT2D eigenvalue weighted by atomic mass is 9.48. The van der Waals surface area contributed by atoms with Gasteiger partial charge < -0.3 is 10.2 Å². The van der Waals surface area contributed by atoms with Crippen molar-refractivity contribution >= 4 is 17.5 Å². The van der Waals surface area contributed by atoms with Crippen molar-refractivity contribution in [2.45, 2.75) is 79.1 Å². The number of carbonyl (C=O) groups excluding carboxylic acids is 2. The second kappa shape index (κ2) is 7.95. The van der Waals surface area contributed by atoms with Gasteiger partial charge in [-0.2, -0.15) is 0 Å². The summed E-state index contributed by atoms with van der Waals surface area (Å²) >= 11 is 0. The number of nitrogens with zero attached hydrogens (tertiary/aromatic N) is 2. The minimum absolute atomic E-state index is 0.0520. The molecule has 1 unspecified atom stereocenters. The molecule has 6 atom stereocenters. The van der Waals surface area contributed by atoms with Crippen molar-refractivity contribution < 1.29 is 9.59 Å². The van der Waals surface area contributed by atoms with Gasteiger partial charge in [-0.05, 0) is 87.2 Å². The van der Waals surface area contributed by atoms with Crippen LogP contribution in [-0.2, 0) is 16.0 Å². The fourth-order valence-electron chi connectivity index (χ4n) is 8.52. The molecule has 5 nitrogen and oxygen atoms in total. The molecule has 1 N–H and O–H groups in total. The summed E-state index contributed by atoms with van der Waals surface area (Å²) in [6.45, 7) is 9.14. The number of likely N-dealkylation sites (tertiary alicyclic amines) is 1. The Labute approximate surface area is 198 Å². The molecule has 5 heteroatoms. The lowest BCUT2D eigenvalue weighted by Crippen LogP contribution is -2.54. The van der Waals surface area contributed by atoms with Crippen LogP contribution in [0.5, 0.6) is 0 Å². The molecular weight excluding hydrogens is 410 g/mol. The van der Waals surface area contributed by atoms with Crippen molar-refractivity contribution in [1.82, 2.24) is 9.88 Å². The van der Waals surface area contributed by atoms with Crippen molar-refractivity contribution in [2.24, 2.45) is 34.5 Å². The SMILES string of the molecule is CCc1cc(NC(=O)C2CC[C@H]3[C@@H]4CC(C)=C5N(C)C(=O)CC[C@]5(C)[C@@H]4CC[C@]23C)ccn1. The van der Waals surface area contributed by atoms with E-state index in [1.165, 1.54) is 11.3 Å². The molecule has 178 valence electrons. The van der Waals surface area contributed by atoms with Crippen LogP contribution in [0.1, 0.15) is 78.3 Å².